The molecular weight excluding hydrogens is 254 g/mol. The molecular formula is C16H15NO3. The van der Waals surface area contributed by atoms with Crippen LogP contribution in [-0.4, -0.2) is 21.2 Å². The fraction of sp³-hybridized carbons (Fsp3) is 0.250. The summed E-state index contributed by atoms with van der Waals surface area (Å²) in [5.41, 5.74) is 3.11. The van der Waals surface area contributed by atoms with Crippen LogP contribution in [0.25, 0.3) is 0 Å². The lowest BCUT2D eigenvalue weighted by Crippen LogP contribution is -2.13. The van der Waals surface area contributed by atoms with Gasteiger partial charge in [0, 0.05) is 12.1 Å². The van der Waals surface area contributed by atoms with Crippen molar-refractivity contribution in [3.63, 3.8) is 0 Å². The highest BCUT2D eigenvalue weighted by atomic mass is 16.4. The van der Waals surface area contributed by atoms with Crippen molar-refractivity contribution in [2.24, 2.45) is 0 Å². The van der Waals surface area contributed by atoms with Crippen molar-refractivity contribution < 1.29 is 15.0 Å². The summed E-state index contributed by atoms with van der Waals surface area (Å²) < 4.78 is 0. The molecule has 0 saturated carbocycles. The van der Waals surface area contributed by atoms with Crippen LogP contribution in [0.1, 0.15) is 45.9 Å². The summed E-state index contributed by atoms with van der Waals surface area (Å²) in [5, 5.41) is 18.7. The fourth-order valence-electron chi connectivity index (χ4n) is 2.88. The second-order valence-corrected chi connectivity index (χ2v) is 5.07. The number of hydrogen-bond donors (Lipinski definition) is 2. The molecule has 102 valence electrons. The quantitative estimate of drug-likeness (QED) is 0.879. The van der Waals surface area contributed by atoms with Gasteiger partial charge in [0.1, 0.15) is 11.3 Å². The summed E-state index contributed by atoms with van der Waals surface area (Å²) in [5.74, 6) is -1.20. The van der Waals surface area contributed by atoms with Crippen molar-refractivity contribution in [1.82, 2.24) is 4.98 Å². The summed E-state index contributed by atoms with van der Waals surface area (Å²) >= 11 is 0. The summed E-state index contributed by atoms with van der Waals surface area (Å²) in [6, 6.07) is 8.81. The van der Waals surface area contributed by atoms with E-state index in [9.17, 15) is 9.90 Å². The Morgan fingerprint density at radius 2 is 2.15 bits per heavy atom. The van der Waals surface area contributed by atoms with Gasteiger partial charge in [-0.3, -0.25) is 4.98 Å². The number of aromatic carboxylic acids is 1. The number of carboxylic acid groups (broad SMARTS) is 1. The zero-order valence-corrected chi connectivity index (χ0v) is 10.9. The number of phenols is 1. The minimum absolute atomic E-state index is 0.0504. The summed E-state index contributed by atoms with van der Waals surface area (Å²) in [7, 11) is 0. The molecule has 1 heterocycles. The lowest BCUT2D eigenvalue weighted by molar-refractivity contribution is 0.0693. The standard InChI is InChI=1S/C16H15NO3/c18-14-7-6-11(9-13(14)16(19)20)12-5-1-3-10-4-2-8-17-15(10)12/h2,4,6-9,12,18H,1,3,5H2,(H,19,20). The molecule has 0 spiro atoms. The molecule has 0 bridgehead atoms. The van der Waals surface area contributed by atoms with Gasteiger partial charge in [-0.05, 0) is 48.6 Å². The highest BCUT2D eigenvalue weighted by Gasteiger charge is 2.24. The van der Waals surface area contributed by atoms with E-state index in [1.807, 2.05) is 6.07 Å². The average molecular weight is 269 g/mol. The Kier molecular flexibility index (Phi) is 3.14. The molecule has 1 unspecified atom stereocenters. The van der Waals surface area contributed by atoms with Gasteiger partial charge in [0.25, 0.3) is 0 Å². The van der Waals surface area contributed by atoms with Gasteiger partial charge in [0.15, 0.2) is 0 Å². The van der Waals surface area contributed by atoms with Crippen molar-refractivity contribution in [2.45, 2.75) is 25.2 Å². The Morgan fingerprint density at radius 3 is 2.95 bits per heavy atom. The maximum absolute atomic E-state index is 11.1. The van der Waals surface area contributed by atoms with Crippen LogP contribution in [0.15, 0.2) is 36.5 Å². The first-order valence-corrected chi connectivity index (χ1v) is 6.67. The van der Waals surface area contributed by atoms with Crippen molar-refractivity contribution >= 4 is 5.97 Å². The van der Waals surface area contributed by atoms with Crippen LogP contribution < -0.4 is 0 Å². The highest BCUT2D eigenvalue weighted by molar-refractivity contribution is 5.91. The number of rotatable bonds is 2. The van der Waals surface area contributed by atoms with Crippen molar-refractivity contribution in [3.05, 3.63) is 58.9 Å². The molecule has 1 atom stereocenters. The molecule has 2 aromatic rings. The zero-order chi connectivity index (χ0) is 14.1. The Morgan fingerprint density at radius 1 is 1.30 bits per heavy atom. The third-order valence-corrected chi connectivity index (χ3v) is 3.85. The van der Waals surface area contributed by atoms with Gasteiger partial charge in [-0.25, -0.2) is 4.79 Å². The predicted molar refractivity (Wildman–Crippen MR) is 74.1 cm³/mol. The third-order valence-electron chi connectivity index (χ3n) is 3.85. The van der Waals surface area contributed by atoms with Gasteiger partial charge >= 0.3 is 5.97 Å². The molecule has 0 amide bonds. The predicted octanol–water partition coefficient (Wildman–Crippen LogP) is 2.95. The number of aromatic hydroxyl groups is 1. The smallest absolute Gasteiger partial charge is 0.339 e. The van der Waals surface area contributed by atoms with Crippen LogP contribution in [0.3, 0.4) is 0 Å². The third kappa shape index (κ3) is 2.13. The van der Waals surface area contributed by atoms with E-state index >= 15 is 0 Å². The number of fused-ring (bicyclic) bond motifs is 1. The van der Waals surface area contributed by atoms with Gasteiger partial charge in [-0.2, -0.15) is 0 Å². The second-order valence-electron chi connectivity index (χ2n) is 5.07. The molecule has 4 heteroatoms. The van der Waals surface area contributed by atoms with E-state index in [-0.39, 0.29) is 17.2 Å². The van der Waals surface area contributed by atoms with E-state index in [1.54, 1.807) is 18.3 Å². The van der Waals surface area contributed by atoms with E-state index in [0.29, 0.717) is 0 Å². The first-order chi connectivity index (χ1) is 9.66. The van der Waals surface area contributed by atoms with Crippen molar-refractivity contribution in [1.29, 1.82) is 0 Å². The fourth-order valence-corrected chi connectivity index (χ4v) is 2.88. The number of carbonyl (C=O) groups is 1. The number of nitrogens with zero attached hydrogens (tertiary/aromatic N) is 1. The average Bonchev–Trinajstić information content (AvgIpc) is 2.47. The Bertz CT molecular complexity index is 667. The van der Waals surface area contributed by atoms with Gasteiger partial charge < -0.3 is 10.2 Å². The first-order valence-electron chi connectivity index (χ1n) is 6.67. The molecule has 4 nitrogen and oxygen atoms in total. The van der Waals surface area contributed by atoms with E-state index in [0.717, 1.165) is 30.5 Å². The second kappa shape index (κ2) is 4.96. The maximum Gasteiger partial charge on any atom is 0.339 e. The van der Waals surface area contributed by atoms with Crippen LogP contribution in [0.2, 0.25) is 0 Å². The van der Waals surface area contributed by atoms with Gasteiger partial charge in [-0.1, -0.05) is 12.1 Å². The van der Waals surface area contributed by atoms with Crippen LogP contribution in [-0.2, 0) is 6.42 Å². The molecule has 1 aromatic heterocycles. The Hall–Kier alpha value is -2.36. The van der Waals surface area contributed by atoms with Gasteiger partial charge in [0.2, 0.25) is 0 Å². The zero-order valence-electron chi connectivity index (χ0n) is 10.9. The molecule has 0 fully saturated rings. The molecule has 20 heavy (non-hydrogen) atoms. The maximum atomic E-state index is 11.1. The number of hydrogen-bond acceptors (Lipinski definition) is 3. The lowest BCUT2D eigenvalue weighted by atomic mass is 9.82. The lowest BCUT2D eigenvalue weighted by Gasteiger charge is -2.24. The van der Waals surface area contributed by atoms with Crippen molar-refractivity contribution in [2.75, 3.05) is 0 Å². The van der Waals surface area contributed by atoms with E-state index in [1.165, 1.54) is 11.6 Å². The SMILES string of the molecule is O=C(O)c1cc(C2CCCc3cccnc32)ccc1O. The Labute approximate surface area is 116 Å². The monoisotopic (exact) mass is 269 g/mol. The Balaban J connectivity index is 2.07. The number of benzene rings is 1. The van der Waals surface area contributed by atoms with Gasteiger partial charge in [0.05, 0.1) is 5.69 Å². The summed E-state index contributed by atoms with van der Waals surface area (Å²) in [4.78, 5) is 15.6. The van der Waals surface area contributed by atoms with E-state index < -0.39 is 5.97 Å². The molecule has 0 saturated heterocycles. The largest absolute Gasteiger partial charge is 0.507 e. The van der Waals surface area contributed by atoms with Crippen LogP contribution in [0.5, 0.6) is 5.75 Å². The normalized spacial score (nSPS) is 17.5. The molecule has 0 aliphatic heterocycles. The van der Waals surface area contributed by atoms with E-state index in [4.69, 9.17) is 5.11 Å². The minimum atomic E-state index is -1.11. The topological polar surface area (TPSA) is 70.4 Å². The number of aryl methyl sites for hydroxylation is 1. The molecule has 0 radical (unpaired) electrons. The summed E-state index contributed by atoms with van der Waals surface area (Å²) in [6.07, 6.45) is 4.81. The summed E-state index contributed by atoms with van der Waals surface area (Å²) in [6.45, 7) is 0. The molecule has 2 N–H and O–H groups in total. The van der Waals surface area contributed by atoms with E-state index in [2.05, 4.69) is 11.1 Å². The highest BCUT2D eigenvalue weighted by Crippen LogP contribution is 2.36. The molecule has 1 aromatic carbocycles. The minimum Gasteiger partial charge on any atom is -0.507 e. The molecule has 3 rings (SSSR count). The molecule has 1 aliphatic carbocycles. The van der Waals surface area contributed by atoms with Crippen LogP contribution >= 0.6 is 0 Å². The van der Waals surface area contributed by atoms with Crippen LogP contribution in [0.4, 0.5) is 0 Å². The molecule has 1 aliphatic rings. The van der Waals surface area contributed by atoms with Crippen molar-refractivity contribution in [3.8, 4) is 5.75 Å². The number of aromatic nitrogens is 1. The number of pyridine rings is 1. The first kappa shape index (κ1) is 12.7. The van der Waals surface area contributed by atoms with Gasteiger partial charge in [-0.15, -0.1) is 0 Å². The number of carboxylic acids is 1. The van der Waals surface area contributed by atoms with Crippen LogP contribution in [0, 0.1) is 0 Å².